The summed E-state index contributed by atoms with van der Waals surface area (Å²) in [4.78, 5) is 12.1. The van der Waals surface area contributed by atoms with E-state index in [-0.39, 0.29) is 12.7 Å². The highest BCUT2D eigenvalue weighted by atomic mass is 16.7. The molecule has 2 aromatic carbocycles. The molecule has 2 aromatic rings. The monoisotopic (exact) mass is 329 g/mol. The molecule has 6 heteroatoms. The number of hydrogen-bond acceptors (Lipinski definition) is 5. The lowest BCUT2D eigenvalue weighted by Crippen LogP contribution is -2.28. The van der Waals surface area contributed by atoms with Gasteiger partial charge < -0.3 is 24.3 Å². The van der Waals surface area contributed by atoms with Crippen molar-refractivity contribution in [3.63, 3.8) is 0 Å². The molecule has 0 aliphatic carbocycles. The van der Waals surface area contributed by atoms with Crippen molar-refractivity contribution < 1.29 is 23.7 Å². The second kappa shape index (κ2) is 7.59. The molecule has 0 saturated heterocycles. The maximum Gasteiger partial charge on any atom is 0.251 e. The fraction of sp³-hybridized carbons (Fsp3) is 0.278. The van der Waals surface area contributed by atoms with Gasteiger partial charge in [-0.05, 0) is 49.4 Å². The Hall–Kier alpha value is -2.89. The second-order valence-electron chi connectivity index (χ2n) is 5.08. The summed E-state index contributed by atoms with van der Waals surface area (Å²) >= 11 is 0. The zero-order chi connectivity index (χ0) is 16.8. The van der Waals surface area contributed by atoms with Crippen LogP contribution in [0.15, 0.2) is 42.5 Å². The third kappa shape index (κ3) is 3.90. The van der Waals surface area contributed by atoms with Gasteiger partial charge in [0, 0.05) is 5.56 Å². The molecule has 1 aliphatic rings. The van der Waals surface area contributed by atoms with Crippen molar-refractivity contribution in [1.29, 1.82) is 0 Å². The maximum atomic E-state index is 12.1. The highest BCUT2D eigenvalue weighted by Gasteiger charge is 2.15. The van der Waals surface area contributed by atoms with Gasteiger partial charge >= 0.3 is 0 Å². The number of carbonyl (C=O) groups is 1. The third-order valence-electron chi connectivity index (χ3n) is 3.43. The first-order valence-corrected chi connectivity index (χ1v) is 7.80. The van der Waals surface area contributed by atoms with E-state index in [1.807, 2.05) is 31.2 Å². The summed E-state index contributed by atoms with van der Waals surface area (Å²) in [7, 11) is 0. The Labute approximate surface area is 140 Å². The molecule has 126 valence electrons. The van der Waals surface area contributed by atoms with E-state index < -0.39 is 0 Å². The summed E-state index contributed by atoms with van der Waals surface area (Å²) in [6, 6.07) is 12.5. The topological polar surface area (TPSA) is 66.0 Å². The van der Waals surface area contributed by atoms with E-state index in [9.17, 15) is 4.79 Å². The van der Waals surface area contributed by atoms with Gasteiger partial charge in [-0.1, -0.05) is 0 Å². The average Bonchev–Trinajstić information content (AvgIpc) is 3.08. The smallest absolute Gasteiger partial charge is 0.251 e. The zero-order valence-electron chi connectivity index (χ0n) is 13.4. The van der Waals surface area contributed by atoms with Crippen LogP contribution in [0.2, 0.25) is 0 Å². The van der Waals surface area contributed by atoms with E-state index >= 15 is 0 Å². The number of benzene rings is 2. The summed E-state index contributed by atoms with van der Waals surface area (Å²) in [5.74, 6) is 2.61. The van der Waals surface area contributed by atoms with Crippen molar-refractivity contribution in [2.24, 2.45) is 0 Å². The lowest BCUT2D eigenvalue weighted by atomic mass is 10.2. The zero-order valence-corrected chi connectivity index (χ0v) is 13.4. The molecule has 0 bridgehead atoms. The third-order valence-corrected chi connectivity index (χ3v) is 3.43. The van der Waals surface area contributed by atoms with Gasteiger partial charge in [-0.25, -0.2) is 0 Å². The van der Waals surface area contributed by atoms with Crippen LogP contribution in [-0.2, 0) is 0 Å². The molecule has 0 atom stereocenters. The van der Waals surface area contributed by atoms with Gasteiger partial charge in [0.25, 0.3) is 5.91 Å². The molecule has 0 saturated carbocycles. The molecule has 0 aromatic heterocycles. The van der Waals surface area contributed by atoms with Gasteiger partial charge in [-0.2, -0.15) is 0 Å². The lowest BCUT2D eigenvalue weighted by molar-refractivity contribution is 0.0946. The standard InChI is InChI=1S/C18H19NO5/c1-2-21-14-4-6-15(7-5-14)22-10-9-19-18(20)13-3-8-16-17(11-13)24-12-23-16/h3-8,11H,2,9-10,12H2,1H3,(H,19,20). The maximum absolute atomic E-state index is 12.1. The minimum Gasteiger partial charge on any atom is -0.494 e. The van der Waals surface area contributed by atoms with Crippen molar-refractivity contribution in [2.75, 3.05) is 26.6 Å². The molecule has 1 heterocycles. The minimum atomic E-state index is -0.177. The van der Waals surface area contributed by atoms with Crippen molar-refractivity contribution >= 4 is 5.91 Å². The molecule has 1 N–H and O–H groups in total. The molecule has 24 heavy (non-hydrogen) atoms. The largest absolute Gasteiger partial charge is 0.494 e. The van der Waals surface area contributed by atoms with Crippen molar-refractivity contribution in [1.82, 2.24) is 5.32 Å². The summed E-state index contributed by atoms with van der Waals surface area (Å²) in [5, 5.41) is 2.81. The number of fused-ring (bicyclic) bond motifs is 1. The summed E-state index contributed by atoms with van der Waals surface area (Å²) in [5.41, 5.74) is 0.528. The van der Waals surface area contributed by atoms with Gasteiger partial charge in [0.05, 0.1) is 13.2 Å². The van der Waals surface area contributed by atoms with Crippen LogP contribution in [-0.4, -0.2) is 32.5 Å². The molecular weight excluding hydrogens is 310 g/mol. The Balaban J connectivity index is 1.43. The molecule has 1 aliphatic heterocycles. The predicted octanol–water partition coefficient (Wildman–Crippen LogP) is 2.62. The average molecular weight is 329 g/mol. The Morgan fingerprint density at radius 1 is 1.04 bits per heavy atom. The highest BCUT2D eigenvalue weighted by Crippen LogP contribution is 2.32. The molecule has 3 rings (SSSR count). The Morgan fingerprint density at radius 2 is 1.75 bits per heavy atom. The van der Waals surface area contributed by atoms with E-state index in [0.717, 1.165) is 11.5 Å². The molecule has 0 fully saturated rings. The first kappa shape index (κ1) is 16.0. The normalized spacial score (nSPS) is 11.9. The van der Waals surface area contributed by atoms with E-state index in [0.29, 0.717) is 36.8 Å². The number of ether oxygens (including phenoxy) is 4. The minimum absolute atomic E-state index is 0.177. The quantitative estimate of drug-likeness (QED) is 0.791. The van der Waals surface area contributed by atoms with E-state index in [1.54, 1.807) is 18.2 Å². The first-order valence-electron chi connectivity index (χ1n) is 7.80. The predicted molar refractivity (Wildman–Crippen MR) is 88.0 cm³/mol. The fourth-order valence-electron chi connectivity index (χ4n) is 2.27. The SMILES string of the molecule is CCOc1ccc(OCCNC(=O)c2ccc3c(c2)OCO3)cc1. The first-order chi connectivity index (χ1) is 11.8. The van der Waals surface area contributed by atoms with Crippen molar-refractivity contribution in [3.8, 4) is 23.0 Å². The Bertz CT molecular complexity index is 699. The van der Waals surface area contributed by atoms with Crippen LogP contribution in [0.25, 0.3) is 0 Å². The van der Waals surface area contributed by atoms with Crippen LogP contribution < -0.4 is 24.3 Å². The van der Waals surface area contributed by atoms with Crippen LogP contribution in [0, 0.1) is 0 Å². The molecule has 0 spiro atoms. The van der Waals surface area contributed by atoms with E-state index in [2.05, 4.69) is 5.32 Å². The number of amides is 1. The van der Waals surface area contributed by atoms with Crippen molar-refractivity contribution in [3.05, 3.63) is 48.0 Å². The molecule has 6 nitrogen and oxygen atoms in total. The summed E-state index contributed by atoms with van der Waals surface area (Å²) in [6.07, 6.45) is 0. The van der Waals surface area contributed by atoms with Gasteiger partial charge in [-0.15, -0.1) is 0 Å². The molecule has 0 unspecified atom stereocenters. The van der Waals surface area contributed by atoms with Gasteiger partial charge in [0.15, 0.2) is 11.5 Å². The van der Waals surface area contributed by atoms with Gasteiger partial charge in [-0.3, -0.25) is 4.79 Å². The molecule has 0 radical (unpaired) electrons. The number of carbonyl (C=O) groups excluding carboxylic acids is 1. The van der Waals surface area contributed by atoms with Crippen molar-refractivity contribution in [2.45, 2.75) is 6.92 Å². The number of rotatable bonds is 7. The van der Waals surface area contributed by atoms with E-state index in [4.69, 9.17) is 18.9 Å². The van der Waals surface area contributed by atoms with E-state index in [1.165, 1.54) is 0 Å². The Kier molecular flexibility index (Phi) is 5.05. The second-order valence-corrected chi connectivity index (χ2v) is 5.08. The van der Waals surface area contributed by atoms with Crippen LogP contribution in [0.3, 0.4) is 0 Å². The number of nitrogens with one attached hydrogen (secondary N) is 1. The van der Waals surface area contributed by atoms with Crippen LogP contribution in [0.1, 0.15) is 17.3 Å². The fourth-order valence-corrected chi connectivity index (χ4v) is 2.27. The Morgan fingerprint density at radius 3 is 2.50 bits per heavy atom. The van der Waals surface area contributed by atoms with Gasteiger partial charge in [0.2, 0.25) is 6.79 Å². The van der Waals surface area contributed by atoms with Crippen LogP contribution >= 0.6 is 0 Å². The summed E-state index contributed by atoms with van der Waals surface area (Å²) in [6.45, 7) is 3.54. The summed E-state index contributed by atoms with van der Waals surface area (Å²) < 4.78 is 21.4. The molecule has 1 amide bonds. The highest BCUT2D eigenvalue weighted by molar-refractivity contribution is 5.94. The van der Waals surface area contributed by atoms with Gasteiger partial charge in [0.1, 0.15) is 18.1 Å². The molecular formula is C18H19NO5. The van der Waals surface area contributed by atoms with Crippen LogP contribution in [0.5, 0.6) is 23.0 Å². The van der Waals surface area contributed by atoms with Crippen LogP contribution in [0.4, 0.5) is 0 Å². The number of hydrogen-bond donors (Lipinski definition) is 1. The lowest BCUT2D eigenvalue weighted by Gasteiger charge is -2.09.